The zero-order valence-electron chi connectivity index (χ0n) is 11.5. The van der Waals surface area contributed by atoms with Gasteiger partial charge in [0.2, 0.25) is 0 Å². The van der Waals surface area contributed by atoms with Crippen molar-refractivity contribution in [2.75, 3.05) is 0 Å². The largest absolute Gasteiger partial charge is 0.489 e. The van der Waals surface area contributed by atoms with E-state index in [1.54, 1.807) is 36.4 Å². The molecule has 0 saturated heterocycles. The predicted molar refractivity (Wildman–Crippen MR) is 82.8 cm³/mol. The maximum atomic E-state index is 13.1. The minimum Gasteiger partial charge on any atom is -0.489 e. The third kappa shape index (κ3) is 3.12. The zero-order chi connectivity index (χ0) is 15.5. The van der Waals surface area contributed by atoms with Gasteiger partial charge < -0.3 is 9.15 Å². The van der Waals surface area contributed by atoms with E-state index in [1.807, 2.05) is 0 Å². The maximum Gasteiger partial charge on any atom is 0.340 e. The van der Waals surface area contributed by atoms with Crippen LogP contribution in [0.1, 0.15) is 11.1 Å². The summed E-state index contributed by atoms with van der Waals surface area (Å²) in [5, 5.41) is 0.772. The molecule has 0 unspecified atom stereocenters. The van der Waals surface area contributed by atoms with Gasteiger partial charge in [0, 0.05) is 11.5 Å². The van der Waals surface area contributed by atoms with Crippen molar-refractivity contribution in [2.45, 2.75) is 12.5 Å². The Balaban J connectivity index is 1.84. The molecule has 0 radical (unpaired) electrons. The van der Waals surface area contributed by atoms with Crippen molar-refractivity contribution >= 4 is 22.6 Å². The summed E-state index contributed by atoms with van der Waals surface area (Å²) in [6.07, 6.45) is 0. The van der Waals surface area contributed by atoms with Crippen LogP contribution in [0.5, 0.6) is 5.75 Å². The Bertz CT molecular complexity index is 873. The summed E-state index contributed by atoms with van der Waals surface area (Å²) in [5.74, 6) is 0.341. The van der Waals surface area contributed by atoms with Gasteiger partial charge in [-0.25, -0.2) is 9.18 Å². The van der Waals surface area contributed by atoms with E-state index in [1.165, 1.54) is 12.1 Å². The lowest BCUT2D eigenvalue weighted by molar-refractivity contribution is 0.305. The van der Waals surface area contributed by atoms with Crippen LogP contribution in [0, 0.1) is 5.82 Å². The monoisotopic (exact) mass is 318 g/mol. The number of halogens is 2. The number of ether oxygens (including phenoxy) is 1. The molecule has 1 aromatic heterocycles. The van der Waals surface area contributed by atoms with Crippen LogP contribution in [0.25, 0.3) is 11.0 Å². The molecule has 3 rings (SSSR count). The molecule has 3 nitrogen and oxygen atoms in total. The summed E-state index contributed by atoms with van der Waals surface area (Å²) < 4.78 is 23.9. The van der Waals surface area contributed by atoms with Gasteiger partial charge in [0.15, 0.2) is 0 Å². The topological polar surface area (TPSA) is 39.4 Å². The molecule has 0 bridgehead atoms. The summed E-state index contributed by atoms with van der Waals surface area (Å²) >= 11 is 5.68. The second-order valence-corrected chi connectivity index (χ2v) is 5.08. The molecule has 0 amide bonds. The lowest BCUT2D eigenvalue weighted by Gasteiger charge is -2.07. The lowest BCUT2D eigenvalue weighted by Crippen LogP contribution is -2.04. The van der Waals surface area contributed by atoms with E-state index in [0.29, 0.717) is 16.9 Å². The molecule has 0 aliphatic heterocycles. The van der Waals surface area contributed by atoms with Crippen LogP contribution < -0.4 is 10.4 Å². The smallest absolute Gasteiger partial charge is 0.340 e. The number of hydrogen-bond acceptors (Lipinski definition) is 3. The summed E-state index contributed by atoms with van der Waals surface area (Å²) in [7, 11) is 0. The lowest BCUT2D eigenvalue weighted by atomic mass is 10.2. The molecule has 22 heavy (non-hydrogen) atoms. The van der Waals surface area contributed by atoms with Gasteiger partial charge in [0.25, 0.3) is 0 Å². The van der Waals surface area contributed by atoms with Crippen LogP contribution in [-0.2, 0) is 12.5 Å². The quantitative estimate of drug-likeness (QED) is 0.533. The van der Waals surface area contributed by atoms with Gasteiger partial charge in [-0.3, -0.25) is 0 Å². The normalized spacial score (nSPS) is 10.8. The molecule has 0 aliphatic rings. The molecule has 0 fully saturated rings. The predicted octanol–water partition coefficient (Wildman–Crippen LogP) is 4.25. The van der Waals surface area contributed by atoms with Crippen LogP contribution in [0.4, 0.5) is 4.39 Å². The van der Waals surface area contributed by atoms with E-state index in [-0.39, 0.29) is 18.3 Å². The van der Waals surface area contributed by atoms with E-state index in [2.05, 4.69) is 0 Å². The average Bonchev–Trinajstić information content (AvgIpc) is 2.52. The second kappa shape index (κ2) is 6.20. The molecule has 1 heterocycles. The van der Waals surface area contributed by atoms with Crippen LogP contribution in [0.15, 0.2) is 57.7 Å². The van der Waals surface area contributed by atoms with Gasteiger partial charge in [-0.2, -0.15) is 0 Å². The molecule has 0 spiro atoms. The first-order valence-electron chi connectivity index (χ1n) is 6.66. The first kappa shape index (κ1) is 14.6. The van der Waals surface area contributed by atoms with E-state index in [9.17, 15) is 9.18 Å². The number of hydrogen-bond donors (Lipinski definition) is 0. The standard InChI is InChI=1S/C17H12ClFO3/c18-9-13-7-12-4-5-15(8-16(12)22-17(13)20)21-10-11-2-1-3-14(19)6-11/h1-8H,9-10H2. The fraction of sp³-hybridized carbons (Fsp3) is 0.118. The highest BCUT2D eigenvalue weighted by Gasteiger charge is 2.06. The highest BCUT2D eigenvalue weighted by Crippen LogP contribution is 2.22. The van der Waals surface area contributed by atoms with Crippen molar-refractivity contribution in [3.05, 3.63) is 75.9 Å². The second-order valence-electron chi connectivity index (χ2n) is 4.81. The first-order valence-corrected chi connectivity index (χ1v) is 7.19. The number of alkyl halides is 1. The Hall–Kier alpha value is -2.33. The van der Waals surface area contributed by atoms with Gasteiger partial charge in [0.1, 0.15) is 23.8 Å². The first-order chi connectivity index (χ1) is 10.7. The van der Waals surface area contributed by atoms with Gasteiger partial charge in [-0.05, 0) is 35.9 Å². The molecule has 112 valence electrons. The highest BCUT2D eigenvalue weighted by molar-refractivity contribution is 6.17. The van der Waals surface area contributed by atoms with Crippen molar-refractivity contribution in [2.24, 2.45) is 0 Å². The van der Waals surface area contributed by atoms with Crippen molar-refractivity contribution in [1.82, 2.24) is 0 Å². The Labute approximate surface area is 130 Å². The van der Waals surface area contributed by atoms with Crippen molar-refractivity contribution in [3.63, 3.8) is 0 Å². The Morgan fingerprint density at radius 3 is 2.77 bits per heavy atom. The minimum atomic E-state index is -0.454. The van der Waals surface area contributed by atoms with E-state index in [4.69, 9.17) is 20.8 Å². The third-order valence-electron chi connectivity index (χ3n) is 3.22. The molecular weight excluding hydrogens is 307 g/mol. The van der Waals surface area contributed by atoms with Crippen LogP contribution in [0.2, 0.25) is 0 Å². The number of fused-ring (bicyclic) bond motifs is 1. The molecular formula is C17H12ClFO3. The Morgan fingerprint density at radius 2 is 2.00 bits per heavy atom. The Morgan fingerprint density at radius 1 is 1.14 bits per heavy atom. The van der Waals surface area contributed by atoms with Gasteiger partial charge in [-0.15, -0.1) is 11.6 Å². The van der Waals surface area contributed by atoms with E-state index in [0.717, 1.165) is 10.9 Å². The molecule has 3 aromatic rings. The van der Waals surface area contributed by atoms with Crippen molar-refractivity contribution in [1.29, 1.82) is 0 Å². The summed E-state index contributed by atoms with van der Waals surface area (Å²) in [6, 6.07) is 13.1. The van der Waals surface area contributed by atoms with E-state index < -0.39 is 5.63 Å². The molecule has 2 aromatic carbocycles. The average molecular weight is 319 g/mol. The number of benzene rings is 2. The summed E-state index contributed by atoms with van der Waals surface area (Å²) in [4.78, 5) is 11.7. The van der Waals surface area contributed by atoms with E-state index >= 15 is 0 Å². The summed E-state index contributed by atoms with van der Waals surface area (Å²) in [5.41, 5.74) is 1.11. The zero-order valence-corrected chi connectivity index (χ0v) is 12.3. The fourth-order valence-electron chi connectivity index (χ4n) is 2.11. The molecule has 5 heteroatoms. The third-order valence-corrected chi connectivity index (χ3v) is 3.51. The van der Waals surface area contributed by atoms with Crippen molar-refractivity contribution in [3.8, 4) is 5.75 Å². The van der Waals surface area contributed by atoms with Crippen molar-refractivity contribution < 1.29 is 13.5 Å². The van der Waals surface area contributed by atoms with Crippen LogP contribution in [0.3, 0.4) is 0 Å². The Kier molecular flexibility index (Phi) is 4.11. The maximum absolute atomic E-state index is 13.1. The van der Waals surface area contributed by atoms with Gasteiger partial charge >= 0.3 is 5.63 Å². The highest BCUT2D eigenvalue weighted by atomic mass is 35.5. The van der Waals surface area contributed by atoms with Gasteiger partial charge in [0.05, 0.1) is 11.4 Å². The molecule has 0 aliphatic carbocycles. The van der Waals surface area contributed by atoms with Crippen LogP contribution >= 0.6 is 11.6 Å². The number of rotatable bonds is 4. The molecule has 0 saturated carbocycles. The van der Waals surface area contributed by atoms with Gasteiger partial charge in [-0.1, -0.05) is 12.1 Å². The minimum absolute atomic E-state index is 0.107. The van der Waals surface area contributed by atoms with Crippen LogP contribution in [-0.4, -0.2) is 0 Å². The molecule has 0 N–H and O–H groups in total. The SMILES string of the molecule is O=c1oc2cc(OCc3cccc(F)c3)ccc2cc1CCl. The fourth-order valence-corrected chi connectivity index (χ4v) is 2.30. The molecule has 0 atom stereocenters. The summed E-state index contributed by atoms with van der Waals surface area (Å²) in [6.45, 7) is 0.229.